The molecule has 7 heteroatoms. The molecule has 5 rings (SSSR count). The van der Waals surface area contributed by atoms with Crippen LogP contribution in [-0.2, 0) is 0 Å². The van der Waals surface area contributed by atoms with E-state index in [1.165, 1.54) is 33.7 Å². The first kappa shape index (κ1) is 19.8. The molecule has 2 heterocycles. The van der Waals surface area contributed by atoms with Gasteiger partial charge in [0.25, 0.3) is 17.4 Å². The number of halogens is 1. The van der Waals surface area contributed by atoms with Crippen LogP contribution in [0.5, 0.6) is 0 Å². The predicted molar refractivity (Wildman–Crippen MR) is 117 cm³/mol. The Morgan fingerprint density at radius 3 is 2.06 bits per heavy atom. The maximum atomic E-state index is 13.6. The maximum absolute atomic E-state index is 13.6. The van der Waals surface area contributed by atoms with Gasteiger partial charge in [-0.15, -0.1) is 0 Å². The van der Waals surface area contributed by atoms with Crippen molar-refractivity contribution >= 4 is 22.7 Å². The highest BCUT2D eigenvalue weighted by Gasteiger charge is 2.41. The fourth-order valence-electron chi connectivity index (χ4n) is 4.18. The predicted octanol–water partition coefficient (Wildman–Crippen LogP) is 4.27. The number of aromatic nitrogens is 2. The lowest BCUT2D eigenvalue weighted by molar-refractivity contribution is 0.0568. The van der Waals surface area contributed by atoms with Gasteiger partial charge in [0.15, 0.2) is 0 Å². The molecular weight excluding hydrogens is 409 g/mol. The third kappa shape index (κ3) is 2.93. The molecule has 1 aliphatic rings. The SMILES string of the molecule is CC[C@H](c1nc2ccccc2c(=O)n1-c1ccc(F)cc1)N1C(=O)c2ccccc2C1=O. The zero-order valence-corrected chi connectivity index (χ0v) is 17.2. The maximum Gasteiger partial charge on any atom is 0.266 e. The van der Waals surface area contributed by atoms with Crippen molar-refractivity contribution in [3.05, 3.63) is 106 Å². The highest BCUT2D eigenvalue weighted by Crippen LogP contribution is 2.33. The summed E-state index contributed by atoms with van der Waals surface area (Å²) >= 11 is 0. The van der Waals surface area contributed by atoms with Crippen LogP contribution in [0.15, 0.2) is 77.6 Å². The van der Waals surface area contributed by atoms with Crippen LogP contribution in [0.1, 0.15) is 45.9 Å². The molecular formula is C25H18FN3O3. The summed E-state index contributed by atoms with van der Waals surface area (Å²) in [7, 11) is 0. The Bertz CT molecular complexity index is 1410. The summed E-state index contributed by atoms with van der Waals surface area (Å²) < 4.78 is 14.9. The molecule has 0 fully saturated rings. The van der Waals surface area contributed by atoms with Gasteiger partial charge in [0.1, 0.15) is 11.6 Å². The van der Waals surface area contributed by atoms with Crippen LogP contribution in [0.2, 0.25) is 0 Å². The Kier molecular flexibility index (Phi) is 4.66. The largest absolute Gasteiger partial charge is 0.269 e. The lowest BCUT2D eigenvalue weighted by atomic mass is 10.1. The Labute approximate surface area is 182 Å². The Balaban J connectivity index is 1.76. The number of carbonyl (C=O) groups is 2. The first-order valence-electron chi connectivity index (χ1n) is 10.3. The third-order valence-electron chi connectivity index (χ3n) is 5.71. The number of nitrogens with zero attached hydrogens (tertiary/aromatic N) is 3. The van der Waals surface area contributed by atoms with Crippen LogP contribution in [0, 0.1) is 5.82 Å². The van der Waals surface area contributed by atoms with Crippen molar-refractivity contribution in [2.45, 2.75) is 19.4 Å². The normalized spacial score (nSPS) is 14.1. The van der Waals surface area contributed by atoms with Crippen LogP contribution >= 0.6 is 0 Å². The van der Waals surface area contributed by atoms with Crippen LogP contribution < -0.4 is 5.56 Å². The molecule has 0 bridgehead atoms. The van der Waals surface area contributed by atoms with E-state index in [2.05, 4.69) is 0 Å². The monoisotopic (exact) mass is 427 g/mol. The molecule has 0 spiro atoms. The summed E-state index contributed by atoms with van der Waals surface area (Å²) in [5.74, 6) is -1.04. The highest BCUT2D eigenvalue weighted by atomic mass is 19.1. The summed E-state index contributed by atoms with van der Waals surface area (Å²) in [6.45, 7) is 1.82. The lowest BCUT2D eigenvalue weighted by Crippen LogP contribution is -2.38. The van der Waals surface area contributed by atoms with Crippen molar-refractivity contribution in [3.8, 4) is 5.69 Å². The number of rotatable bonds is 4. The van der Waals surface area contributed by atoms with Gasteiger partial charge in [-0.1, -0.05) is 31.2 Å². The summed E-state index contributed by atoms with van der Waals surface area (Å²) in [6.07, 6.45) is 0.345. The fourth-order valence-corrected chi connectivity index (χ4v) is 4.18. The highest BCUT2D eigenvalue weighted by molar-refractivity contribution is 6.21. The van der Waals surface area contributed by atoms with Gasteiger partial charge < -0.3 is 0 Å². The lowest BCUT2D eigenvalue weighted by Gasteiger charge is -2.27. The summed E-state index contributed by atoms with van der Waals surface area (Å²) in [5, 5.41) is 0.387. The first-order valence-corrected chi connectivity index (χ1v) is 10.3. The molecule has 0 unspecified atom stereocenters. The van der Waals surface area contributed by atoms with Gasteiger partial charge in [0, 0.05) is 0 Å². The van der Waals surface area contributed by atoms with Crippen molar-refractivity contribution in [3.63, 3.8) is 0 Å². The second-order valence-electron chi connectivity index (χ2n) is 7.55. The molecule has 4 aromatic rings. The molecule has 32 heavy (non-hydrogen) atoms. The van der Waals surface area contributed by atoms with Crippen molar-refractivity contribution in [2.24, 2.45) is 0 Å². The molecule has 0 saturated carbocycles. The molecule has 2 amide bonds. The number of fused-ring (bicyclic) bond motifs is 2. The Morgan fingerprint density at radius 1 is 0.844 bits per heavy atom. The second-order valence-corrected chi connectivity index (χ2v) is 7.55. The van der Waals surface area contributed by atoms with Gasteiger partial charge in [-0.2, -0.15) is 0 Å². The molecule has 158 valence electrons. The molecule has 6 nitrogen and oxygen atoms in total. The van der Waals surface area contributed by atoms with Crippen LogP contribution in [-0.4, -0.2) is 26.3 Å². The van der Waals surface area contributed by atoms with E-state index in [4.69, 9.17) is 4.98 Å². The minimum Gasteiger partial charge on any atom is -0.269 e. The molecule has 1 aliphatic heterocycles. The second kappa shape index (κ2) is 7.53. The topological polar surface area (TPSA) is 72.3 Å². The van der Waals surface area contributed by atoms with Gasteiger partial charge in [0.2, 0.25) is 0 Å². The van der Waals surface area contributed by atoms with Gasteiger partial charge >= 0.3 is 0 Å². The molecule has 0 saturated heterocycles. The number of para-hydroxylation sites is 1. The van der Waals surface area contributed by atoms with E-state index in [9.17, 15) is 18.8 Å². The van der Waals surface area contributed by atoms with Crippen LogP contribution in [0.25, 0.3) is 16.6 Å². The van der Waals surface area contributed by atoms with Gasteiger partial charge in [-0.3, -0.25) is 23.9 Å². The summed E-state index contributed by atoms with van der Waals surface area (Å²) in [4.78, 5) is 45.7. The average Bonchev–Trinajstić information content (AvgIpc) is 3.06. The zero-order valence-electron chi connectivity index (χ0n) is 17.2. The molecule has 1 aromatic heterocycles. The number of amides is 2. The number of hydrogen-bond acceptors (Lipinski definition) is 4. The first-order chi connectivity index (χ1) is 15.5. The standard InChI is InChI=1S/C25H18FN3O3/c1-2-21(29-23(30)17-7-3-4-8-18(17)24(29)31)22-27-20-10-6-5-9-19(20)25(32)28(22)16-13-11-15(26)12-14-16/h3-14,21H,2H2,1H3/t21-/m1/s1. The number of carbonyl (C=O) groups excluding carboxylic acids is 2. The van der Waals surface area contributed by atoms with Crippen molar-refractivity contribution in [1.29, 1.82) is 0 Å². The van der Waals surface area contributed by atoms with Crippen LogP contribution in [0.4, 0.5) is 4.39 Å². The quantitative estimate of drug-likeness (QED) is 0.456. The van der Waals surface area contributed by atoms with Crippen LogP contribution in [0.3, 0.4) is 0 Å². The smallest absolute Gasteiger partial charge is 0.266 e. The minimum absolute atomic E-state index is 0.248. The molecule has 1 atom stereocenters. The number of hydrogen-bond donors (Lipinski definition) is 0. The van der Waals surface area contributed by atoms with Crippen molar-refractivity contribution in [1.82, 2.24) is 14.5 Å². The van der Waals surface area contributed by atoms with Gasteiger partial charge in [-0.25, -0.2) is 9.37 Å². The van der Waals surface area contributed by atoms with E-state index in [-0.39, 0.29) is 11.4 Å². The fraction of sp³-hybridized carbons (Fsp3) is 0.120. The molecule has 0 aliphatic carbocycles. The molecule has 3 aromatic carbocycles. The zero-order chi connectivity index (χ0) is 22.4. The Hall–Kier alpha value is -4.13. The van der Waals surface area contributed by atoms with Gasteiger partial charge in [-0.05, 0) is 55.0 Å². The van der Waals surface area contributed by atoms with Gasteiger partial charge in [0.05, 0.1) is 33.8 Å². The number of benzene rings is 3. The van der Waals surface area contributed by atoms with E-state index in [1.807, 2.05) is 6.92 Å². The Morgan fingerprint density at radius 2 is 1.44 bits per heavy atom. The van der Waals surface area contributed by atoms with E-state index in [0.717, 1.165) is 0 Å². The minimum atomic E-state index is -0.787. The van der Waals surface area contributed by atoms with E-state index >= 15 is 0 Å². The average molecular weight is 427 g/mol. The summed E-state index contributed by atoms with van der Waals surface area (Å²) in [5.41, 5.74) is 1.16. The van der Waals surface area contributed by atoms with E-state index < -0.39 is 23.7 Å². The van der Waals surface area contributed by atoms with Crippen molar-refractivity contribution < 1.29 is 14.0 Å². The summed E-state index contributed by atoms with van der Waals surface area (Å²) in [6, 6.07) is 18.2. The molecule has 0 N–H and O–H groups in total. The van der Waals surface area contributed by atoms with E-state index in [1.54, 1.807) is 48.5 Å². The molecule has 0 radical (unpaired) electrons. The van der Waals surface area contributed by atoms with Crippen molar-refractivity contribution in [2.75, 3.05) is 0 Å². The third-order valence-corrected chi connectivity index (χ3v) is 5.71. The number of imide groups is 1. The van der Waals surface area contributed by atoms with E-state index in [0.29, 0.717) is 34.1 Å².